The normalized spacial score (nSPS) is 15.9. The van der Waals surface area contributed by atoms with Crippen molar-refractivity contribution in [2.45, 2.75) is 25.7 Å². The van der Waals surface area contributed by atoms with Crippen molar-refractivity contribution in [3.63, 3.8) is 0 Å². The predicted molar refractivity (Wildman–Crippen MR) is 82.6 cm³/mol. The first-order valence-corrected chi connectivity index (χ1v) is 10.3. The molecule has 0 fully saturated rings. The van der Waals surface area contributed by atoms with Crippen molar-refractivity contribution in [3.05, 3.63) is 53.1 Å². The highest BCUT2D eigenvalue weighted by Gasteiger charge is 2.31. The molecule has 1 aliphatic carbocycles. The van der Waals surface area contributed by atoms with Crippen LogP contribution in [0.1, 0.15) is 15.9 Å². The SMILES string of the molecule is C[Si](C)(C)CC=CC1=C(O)c2ccccc2C(=O)C1=O. The van der Waals surface area contributed by atoms with Crippen LogP contribution in [0, 0.1) is 0 Å². The van der Waals surface area contributed by atoms with E-state index in [2.05, 4.69) is 19.6 Å². The Bertz CT molecular complexity index is 633. The van der Waals surface area contributed by atoms with Crippen LogP contribution in [0.3, 0.4) is 0 Å². The molecule has 0 atom stereocenters. The molecule has 0 aliphatic heterocycles. The molecule has 1 aromatic carbocycles. The van der Waals surface area contributed by atoms with Gasteiger partial charge in [-0.1, -0.05) is 56.1 Å². The number of hydrogen-bond donors (Lipinski definition) is 1. The molecule has 0 amide bonds. The van der Waals surface area contributed by atoms with Crippen LogP contribution < -0.4 is 0 Å². The Hall–Kier alpha value is -1.94. The molecule has 2 rings (SSSR count). The molecule has 1 aliphatic rings. The largest absolute Gasteiger partial charge is 0.507 e. The van der Waals surface area contributed by atoms with Crippen molar-refractivity contribution >= 4 is 25.4 Å². The number of rotatable bonds is 3. The fourth-order valence-electron chi connectivity index (χ4n) is 2.07. The Morgan fingerprint density at radius 1 is 1.05 bits per heavy atom. The average molecular weight is 286 g/mol. The number of ketones is 2. The number of carbonyl (C=O) groups is 2. The zero-order valence-corrected chi connectivity index (χ0v) is 12.9. The van der Waals surface area contributed by atoms with Crippen LogP contribution in [0.4, 0.5) is 0 Å². The summed E-state index contributed by atoms with van der Waals surface area (Å²) >= 11 is 0. The minimum atomic E-state index is -1.26. The molecule has 0 bridgehead atoms. The van der Waals surface area contributed by atoms with Crippen molar-refractivity contribution in [1.82, 2.24) is 0 Å². The lowest BCUT2D eigenvalue weighted by molar-refractivity contribution is -0.111. The van der Waals surface area contributed by atoms with Crippen LogP contribution in [0.5, 0.6) is 0 Å². The maximum atomic E-state index is 12.0. The van der Waals surface area contributed by atoms with Crippen molar-refractivity contribution in [2.75, 3.05) is 0 Å². The van der Waals surface area contributed by atoms with Crippen LogP contribution in [-0.2, 0) is 4.79 Å². The molecule has 3 nitrogen and oxygen atoms in total. The topological polar surface area (TPSA) is 54.4 Å². The first kappa shape index (κ1) is 14.5. The van der Waals surface area contributed by atoms with E-state index in [1.54, 1.807) is 30.3 Å². The number of benzene rings is 1. The van der Waals surface area contributed by atoms with E-state index in [4.69, 9.17) is 0 Å². The summed E-state index contributed by atoms with van der Waals surface area (Å²) in [6, 6.07) is 7.54. The third-order valence-corrected chi connectivity index (χ3v) is 4.61. The van der Waals surface area contributed by atoms with E-state index in [0.717, 1.165) is 6.04 Å². The summed E-state index contributed by atoms with van der Waals surface area (Å²) < 4.78 is 0. The number of aliphatic hydroxyl groups excluding tert-OH is 1. The Kier molecular flexibility index (Phi) is 3.77. The highest BCUT2D eigenvalue weighted by Crippen LogP contribution is 2.28. The molecular formula is C16H18O3Si. The minimum absolute atomic E-state index is 0.1000. The lowest BCUT2D eigenvalue weighted by Gasteiger charge is -2.16. The van der Waals surface area contributed by atoms with Gasteiger partial charge in [-0.15, -0.1) is 0 Å². The van der Waals surface area contributed by atoms with E-state index in [9.17, 15) is 14.7 Å². The van der Waals surface area contributed by atoms with Crippen LogP contribution in [0.25, 0.3) is 5.76 Å². The minimum Gasteiger partial charge on any atom is -0.507 e. The summed E-state index contributed by atoms with van der Waals surface area (Å²) in [5.41, 5.74) is 0.814. The molecule has 0 spiro atoms. The molecule has 1 aromatic rings. The molecule has 4 heteroatoms. The zero-order chi connectivity index (χ0) is 14.9. The number of aliphatic hydroxyl groups is 1. The van der Waals surface area contributed by atoms with E-state index >= 15 is 0 Å². The van der Waals surface area contributed by atoms with E-state index in [-0.39, 0.29) is 16.9 Å². The summed E-state index contributed by atoms with van der Waals surface area (Å²) in [4.78, 5) is 24.1. The molecule has 0 unspecified atom stereocenters. The lowest BCUT2D eigenvalue weighted by Crippen LogP contribution is -2.23. The molecule has 0 saturated heterocycles. The summed E-state index contributed by atoms with van der Waals surface area (Å²) in [6.07, 6.45) is 3.47. The van der Waals surface area contributed by atoms with E-state index in [1.165, 1.54) is 0 Å². The van der Waals surface area contributed by atoms with E-state index < -0.39 is 19.6 Å². The zero-order valence-electron chi connectivity index (χ0n) is 11.9. The van der Waals surface area contributed by atoms with Gasteiger partial charge in [0.2, 0.25) is 11.6 Å². The molecule has 104 valence electrons. The highest BCUT2D eigenvalue weighted by molar-refractivity contribution is 6.76. The number of carbonyl (C=O) groups excluding carboxylic acids is 2. The fraction of sp³-hybridized carbons (Fsp3) is 0.250. The Balaban J connectivity index is 2.42. The first-order chi connectivity index (χ1) is 9.31. The van der Waals surface area contributed by atoms with Crippen molar-refractivity contribution < 1.29 is 14.7 Å². The average Bonchev–Trinajstić information content (AvgIpc) is 2.39. The fourth-order valence-corrected chi connectivity index (χ4v) is 2.89. The van der Waals surface area contributed by atoms with E-state index in [1.807, 2.05) is 6.08 Å². The molecule has 1 N–H and O–H groups in total. The first-order valence-electron chi connectivity index (χ1n) is 6.59. The second-order valence-electron chi connectivity index (χ2n) is 6.13. The molecular weight excluding hydrogens is 268 g/mol. The molecule has 0 aromatic heterocycles. The van der Waals surface area contributed by atoms with Gasteiger partial charge < -0.3 is 5.11 Å². The van der Waals surface area contributed by atoms with Gasteiger partial charge in [-0.05, 0) is 6.04 Å². The smallest absolute Gasteiger partial charge is 0.237 e. The van der Waals surface area contributed by atoms with Crippen molar-refractivity contribution in [2.24, 2.45) is 0 Å². The molecule has 20 heavy (non-hydrogen) atoms. The van der Waals surface area contributed by atoms with Crippen LogP contribution in [-0.4, -0.2) is 24.7 Å². The second kappa shape index (κ2) is 5.21. The summed E-state index contributed by atoms with van der Waals surface area (Å²) in [6.45, 7) is 6.65. The third kappa shape index (κ3) is 2.80. The number of allylic oxidation sites excluding steroid dienone is 3. The Morgan fingerprint density at radius 2 is 1.65 bits per heavy atom. The Morgan fingerprint density at radius 3 is 2.25 bits per heavy atom. The van der Waals surface area contributed by atoms with Crippen molar-refractivity contribution in [1.29, 1.82) is 0 Å². The standard InChI is InChI=1S/C16H18O3Si/c1-20(2,3)10-6-9-13-14(17)11-7-4-5-8-12(11)15(18)16(13)19/h4-9,17H,10H2,1-3H3. The van der Waals surface area contributed by atoms with Gasteiger partial charge in [0.15, 0.2) is 0 Å². The maximum Gasteiger partial charge on any atom is 0.237 e. The molecule has 0 saturated carbocycles. The van der Waals surface area contributed by atoms with Gasteiger partial charge in [-0.3, -0.25) is 9.59 Å². The van der Waals surface area contributed by atoms with Crippen LogP contribution in [0.15, 0.2) is 42.0 Å². The van der Waals surface area contributed by atoms with Gasteiger partial charge in [0.25, 0.3) is 0 Å². The summed E-state index contributed by atoms with van der Waals surface area (Å²) in [5.74, 6) is -1.28. The van der Waals surface area contributed by atoms with Gasteiger partial charge in [-0.25, -0.2) is 0 Å². The van der Waals surface area contributed by atoms with E-state index in [0.29, 0.717) is 5.56 Å². The molecule has 0 heterocycles. The van der Waals surface area contributed by atoms with Crippen LogP contribution >= 0.6 is 0 Å². The highest BCUT2D eigenvalue weighted by atomic mass is 28.3. The molecule has 0 radical (unpaired) electrons. The van der Waals surface area contributed by atoms with Gasteiger partial charge in [0.05, 0.1) is 5.57 Å². The van der Waals surface area contributed by atoms with Gasteiger partial charge >= 0.3 is 0 Å². The lowest BCUT2D eigenvalue weighted by atomic mass is 9.88. The summed E-state index contributed by atoms with van der Waals surface area (Å²) in [7, 11) is -1.26. The van der Waals surface area contributed by atoms with Crippen LogP contribution in [0.2, 0.25) is 25.7 Å². The van der Waals surface area contributed by atoms with Gasteiger partial charge in [0.1, 0.15) is 5.76 Å². The van der Waals surface area contributed by atoms with Gasteiger partial charge in [-0.2, -0.15) is 0 Å². The Labute approximate surface area is 119 Å². The number of fused-ring (bicyclic) bond motifs is 1. The summed E-state index contributed by atoms with van der Waals surface area (Å²) in [5, 5.41) is 10.2. The third-order valence-electron chi connectivity index (χ3n) is 3.15. The maximum absolute atomic E-state index is 12.0. The van der Waals surface area contributed by atoms with Crippen molar-refractivity contribution in [3.8, 4) is 0 Å². The second-order valence-corrected chi connectivity index (χ2v) is 11.7. The number of hydrogen-bond acceptors (Lipinski definition) is 3. The predicted octanol–water partition coefficient (Wildman–Crippen LogP) is 3.62. The quantitative estimate of drug-likeness (QED) is 0.682. The van der Waals surface area contributed by atoms with Gasteiger partial charge in [0, 0.05) is 19.2 Å². The monoisotopic (exact) mass is 286 g/mol. The number of Topliss-reactive ketones (excluding diaryl/α,β-unsaturated/α-hetero) is 2.